The van der Waals surface area contributed by atoms with E-state index in [2.05, 4.69) is 4.18 Å². The van der Waals surface area contributed by atoms with Gasteiger partial charge in [-0.3, -0.25) is 9.11 Å². The highest BCUT2D eigenvalue weighted by Gasteiger charge is 2.54. The molecule has 0 bridgehead atoms. The van der Waals surface area contributed by atoms with E-state index in [0.717, 1.165) is 0 Å². The molecule has 0 aromatic carbocycles. The topological polar surface area (TPSA) is 265 Å². The van der Waals surface area contributed by atoms with Gasteiger partial charge in [0.05, 0.1) is 18.8 Å². The van der Waals surface area contributed by atoms with Crippen LogP contribution in [0.3, 0.4) is 0 Å². The van der Waals surface area contributed by atoms with Crippen LogP contribution in [0.25, 0.3) is 0 Å². The number of nitrogens with one attached hydrogen (secondary N) is 1. The molecule has 2 fully saturated rings. The smallest absolute Gasteiger partial charge is 0.397 e. The van der Waals surface area contributed by atoms with Gasteiger partial charge in [-0.05, 0) is 19.8 Å². The van der Waals surface area contributed by atoms with Crippen LogP contribution in [0.1, 0.15) is 27.7 Å². The molecule has 2 heterocycles. The lowest BCUT2D eigenvalue weighted by molar-refractivity contribution is -0.343. The van der Waals surface area contributed by atoms with E-state index in [1.165, 1.54) is 13.8 Å². The van der Waals surface area contributed by atoms with Crippen LogP contribution in [-0.2, 0) is 48.6 Å². The quantitative estimate of drug-likeness (QED) is 0.122. The van der Waals surface area contributed by atoms with Crippen LogP contribution >= 0.6 is 0 Å². The first-order chi connectivity index (χ1) is 16.8. The Labute approximate surface area is 213 Å². The average Bonchev–Trinajstić information content (AvgIpc) is 2.72. The second kappa shape index (κ2) is 12.4. The minimum Gasteiger partial charge on any atom is -0.479 e. The summed E-state index contributed by atoms with van der Waals surface area (Å²) in [6, 6.07) is -1.78. The van der Waals surface area contributed by atoms with Crippen molar-refractivity contribution in [1.82, 2.24) is 4.72 Å². The van der Waals surface area contributed by atoms with Gasteiger partial charge in [0.2, 0.25) is 0 Å². The number of aliphatic carboxylic acids is 1. The number of carbonyl (C=O) groups is 1. The standard InChI is InChI=1S/C18H33NO16S2/c1-6(2)9-11(20)13(22)18(35-15(9)16(23)24)34-14-8(5-31-37(28,29)30)33-17(32-7(3)4)10(12(14)21)19-36(25,26)27/h6-15,17-22H,5H2,1-4H3,(H,23,24)(H,25,26,27)(H,28,29,30)/t8-,9?,10-,11+,12-,13-,14?,15-,17+,18+/m1/s1. The monoisotopic (exact) mass is 583 g/mol. The van der Waals surface area contributed by atoms with E-state index >= 15 is 0 Å². The molecule has 0 aromatic rings. The van der Waals surface area contributed by atoms with Crippen LogP contribution in [0.4, 0.5) is 0 Å². The van der Waals surface area contributed by atoms with E-state index in [1.807, 2.05) is 0 Å². The van der Waals surface area contributed by atoms with Crippen molar-refractivity contribution in [2.24, 2.45) is 11.8 Å². The SMILES string of the molecule is CC(C)O[C@H]1O[C@H](COS(=O)(=O)O)C(O[C@H]2O[C@@H](C(=O)O)C(C(C)C)[C@H](O)[C@H]2O)[C@H](O)[C@H]1NS(=O)(=O)O. The molecular formula is C18H33NO16S2. The Morgan fingerprint density at radius 1 is 0.946 bits per heavy atom. The van der Waals surface area contributed by atoms with Crippen LogP contribution in [0.2, 0.25) is 0 Å². The summed E-state index contributed by atoms with van der Waals surface area (Å²) in [5.41, 5.74) is 0. The largest absolute Gasteiger partial charge is 0.479 e. The number of hydrogen-bond acceptors (Lipinski definition) is 13. The van der Waals surface area contributed by atoms with Crippen molar-refractivity contribution in [1.29, 1.82) is 0 Å². The summed E-state index contributed by atoms with van der Waals surface area (Å²) in [7, 11) is -10.0. The molecule has 0 spiro atoms. The van der Waals surface area contributed by atoms with Crippen molar-refractivity contribution < 1.29 is 74.3 Å². The van der Waals surface area contributed by atoms with E-state index in [4.69, 9.17) is 23.5 Å². The first kappa shape index (κ1) is 32.1. The van der Waals surface area contributed by atoms with Crippen LogP contribution < -0.4 is 4.72 Å². The van der Waals surface area contributed by atoms with Gasteiger partial charge in [0, 0.05) is 5.92 Å². The summed E-state index contributed by atoms with van der Waals surface area (Å²) in [5, 5.41) is 41.7. The Bertz CT molecular complexity index is 986. The highest BCUT2D eigenvalue weighted by atomic mass is 32.3. The van der Waals surface area contributed by atoms with Gasteiger partial charge in [0.1, 0.15) is 30.5 Å². The molecule has 218 valence electrons. The number of carboxylic acids is 1. The second-order valence-electron chi connectivity index (χ2n) is 9.22. The Morgan fingerprint density at radius 3 is 2.00 bits per heavy atom. The predicted octanol–water partition coefficient (Wildman–Crippen LogP) is -2.73. The lowest BCUT2D eigenvalue weighted by Gasteiger charge is -2.48. The summed E-state index contributed by atoms with van der Waals surface area (Å²) in [6.07, 6.45) is -15.1. The van der Waals surface area contributed by atoms with Gasteiger partial charge >= 0.3 is 26.7 Å². The number of rotatable bonds is 11. The summed E-state index contributed by atoms with van der Waals surface area (Å²) in [6.45, 7) is 5.17. The number of ether oxygens (including phenoxy) is 4. The van der Waals surface area contributed by atoms with Gasteiger partial charge in [-0.1, -0.05) is 13.8 Å². The molecule has 0 aliphatic carbocycles. The van der Waals surface area contributed by atoms with Gasteiger partial charge in [0.15, 0.2) is 18.7 Å². The molecule has 17 nitrogen and oxygen atoms in total. The van der Waals surface area contributed by atoms with E-state index in [1.54, 1.807) is 18.6 Å². The fraction of sp³-hybridized carbons (Fsp3) is 0.944. The zero-order chi connectivity index (χ0) is 28.5. The van der Waals surface area contributed by atoms with Crippen LogP contribution in [-0.4, -0.2) is 120 Å². The van der Waals surface area contributed by atoms with Gasteiger partial charge in [-0.25, -0.2) is 8.98 Å². The van der Waals surface area contributed by atoms with E-state index in [-0.39, 0.29) is 0 Å². The number of hydrogen-bond donors (Lipinski definition) is 7. The molecule has 2 aliphatic heterocycles. The molecule has 0 amide bonds. The Morgan fingerprint density at radius 2 is 1.54 bits per heavy atom. The number of aliphatic hydroxyl groups excluding tert-OH is 3. The molecule has 0 aromatic heterocycles. The highest BCUT2D eigenvalue weighted by molar-refractivity contribution is 7.83. The van der Waals surface area contributed by atoms with E-state index in [9.17, 15) is 46.6 Å². The average molecular weight is 584 g/mol. The maximum atomic E-state index is 11.8. The molecular weight excluding hydrogens is 550 g/mol. The van der Waals surface area contributed by atoms with E-state index < -0.39 is 106 Å². The summed E-state index contributed by atoms with van der Waals surface area (Å²) >= 11 is 0. The second-order valence-corrected chi connectivity index (χ2v) is 11.5. The Hall–Kier alpha value is -1.07. The minimum atomic E-state index is -5.04. The molecule has 10 atom stereocenters. The van der Waals surface area contributed by atoms with Gasteiger partial charge in [0.25, 0.3) is 0 Å². The fourth-order valence-electron chi connectivity index (χ4n) is 4.17. The zero-order valence-electron chi connectivity index (χ0n) is 20.2. The molecule has 37 heavy (non-hydrogen) atoms. The lowest BCUT2D eigenvalue weighted by atomic mass is 9.80. The van der Waals surface area contributed by atoms with Crippen LogP contribution in [0.5, 0.6) is 0 Å². The van der Waals surface area contributed by atoms with Crippen molar-refractivity contribution in [3.05, 3.63) is 0 Å². The maximum absolute atomic E-state index is 11.8. The lowest BCUT2D eigenvalue weighted by Crippen LogP contribution is -2.67. The normalized spacial score (nSPS) is 37.7. The first-order valence-electron chi connectivity index (χ1n) is 11.1. The third-order valence-electron chi connectivity index (χ3n) is 5.70. The Kier molecular flexibility index (Phi) is 10.8. The van der Waals surface area contributed by atoms with Crippen molar-refractivity contribution in [3.8, 4) is 0 Å². The third-order valence-corrected chi connectivity index (χ3v) is 6.71. The predicted molar refractivity (Wildman–Crippen MR) is 118 cm³/mol. The molecule has 2 rings (SSSR count). The fourth-order valence-corrected chi connectivity index (χ4v) is 5.08. The van der Waals surface area contributed by atoms with Crippen LogP contribution in [0, 0.1) is 11.8 Å². The van der Waals surface area contributed by atoms with Gasteiger partial charge in [-0.2, -0.15) is 21.6 Å². The molecule has 19 heteroatoms. The van der Waals surface area contributed by atoms with Crippen molar-refractivity contribution in [2.45, 2.75) is 89.0 Å². The van der Waals surface area contributed by atoms with Crippen LogP contribution in [0.15, 0.2) is 0 Å². The first-order valence-corrected chi connectivity index (χ1v) is 13.9. The highest BCUT2D eigenvalue weighted by Crippen LogP contribution is 2.35. The minimum absolute atomic E-state index is 0.469. The molecule has 2 aliphatic rings. The Balaban J connectivity index is 2.43. The van der Waals surface area contributed by atoms with Gasteiger partial charge in [-0.15, -0.1) is 0 Å². The van der Waals surface area contributed by atoms with Crippen molar-refractivity contribution >= 4 is 26.7 Å². The molecule has 0 radical (unpaired) electrons. The molecule has 2 unspecified atom stereocenters. The summed E-state index contributed by atoms with van der Waals surface area (Å²) in [5.74, 6) is -3.04. The van der Waals surface area contributed by atoms with E-state index in [0.29, 0.717) is 0 Å². The third kappa shape index (κ3) is 8.71. The molecule has 0 saturated carbocycles. The molecule has 2 saturated heterocycles. The number of aliphatic hydroxyl groups is 3. The van der Waals surface area contributed by atoms with Crippen molar-refractivity contribution in [2.75, 3.05) is 6.61 Å². The summed E-state index contributed by atoms with van der Waals surface area (Å²) < 4.78 is 91.3. The molecule has 7 N–H and O–H groups in total. The summed E-state index contributed by atoms with van der Waals surface area (Å²) in [4.78, 5) is 11.8. The van der Waals surface area contributed by atoms with Crippen molar-refractivity contribution in [3.63, 3.8) is 0 Å². The van der Waals surface area contributed by atoms with Gasteiger partial charge < -0.3 is 39.4 Å². The maximum Gasteiger partial charge on any atom is 0.397 e. The number of carboxylic acid groups (broad SMARTS) is 1. The zero-order valence-corrected chi connectivity index (χ0v) is 21.9.